The SMILES string of the molecule is COC(=O)C(C)(C)C(=O)/C=C/N(C)C.COC(=O)C(C)(C)C(C)=O.COC(OC)N(C)C. The third-order valence-corrected chi connectivity index (χ3v) is 4.24. The van der Waals surface area contributed by atoms with Crippen molar-refractivity contribution in [3.63, 3.8) is 0 Å². The van der Waals surface area contributed by atoms with Gasteiger partial charge in [-0.3, -0.25) is 24.1 Å². The lowest BCUT2D eigenvalue weighted by atomic mass is 9.88. The van der Waals surface area contributed by atoms with Crippen LogP contribution in [0.2, 0.25) is 0 Å². The molecular weight excluding hydrogens is 420 g/mol. The smallest absolute Gasteiger partial charge is 0.319 e. The quantitative estimate of drug-likeness (QED) is 0.217. The second-order valence-electron chi connectivity index (χ2n) is 8.18. The fourth-order valence-corrected chi connectivity index (χ4v) is 1.70. The van der Waals surface area contributed by atoms with Crippen molar-refractivity contribution in [2.45, 2.75) is 41.0 Å². The van der Waals surface area contributed by atoms with Gasteiger partial charge in [0.15, 0.2) is 5.78 Å². The summed E-state index contributed by atoms with van der Waals surface area (Å²) in [6.07, 6.45) is 2.76. The molecule has 188 valence electrons. The Hall–Kier alpha value is -2.30. The molecule has 0 aromatic heterocycles. The predicted molar refractivity (Wildman–Crippen MR) is 122 cm³/mol. The number of ether oxygens (including phenoxy) is 4. The molecule has 0 saturated carbocycles. The molecule has 0 saturated heterocycles. The molecule has 0 aromatic carbocycles. The van der Waals surface area contributed by atoms with Gasteiger partial charge in [0.1, 0.15) is 16.6 Å². The Balaban J connectivity index is -0.000000413. The molecule has 0 aliphatic heterocycles. The largest absolute Gasteiger partial charge is 0.468 e. The summed E-state index contributed by atoms with van der Waals surface area (Å²) in [5.41, 5.74) is -2.10. The van der Waals surface area contributed by atoms with Gasteiger partial charge in [0, 0.05) is 34.5 Å². The normalized spacial score (nSPS) is 11.2. The number of Topliss-reactive ketones (excluding diaryl/α,β-unsaturated/α-hetero) is 1. The minimum atomic E-state index is -1.11. The van der Waals surface area contributed by atoms with Gasteiger partial charge in [-0.15, -0.1) is 0 Å². The molecule has 0 aliphatic rings. The van der Waals surface area contributed by atoms with Gasteiger partial charge in [-0.1, -0.05) is 0 Å². The first-order chi connectivity index (χ1) is 14.5. The maximum atomic E-state index is 11.6. The second-order valence-corrected chi connectivity index (χ2v) is 8.18. The number of ketones is 2. The van der Waals surface area contributed by atoms with Crippen LogP contribution in [0.1, 0.15) is 34.6 Å². The fraction of sp³-hybridized carbons (Fsp3) is 0.727. The van der Waals surface area contributed by atoms with E-state index in [4.69, 9.17) is 9.47 Å². The Kier molecular flexibility index (Phi) is 17.5. The van der Waals surface area contributed by atoms with Crippen molar-refractivity contribution in [2.24, 2.45) is 10.8 Å². The summed E-state index contributed by atoms with van der Waals surface area (Å²) in [4.78, 5) is 47.9. The van der Waals surface area contributed by atoms with E-state index in [0.29, 0.717) is 0 Å². The van der Waals surface area contributed by atoms with Crippen LogP contribution in [0.4, 0.5) is 0 Å². The van der Waals surface area contributed by atoms with E-state index in [2.05, 4.69) is 9.47 Å². The lowest BCUT2D eigenvalue weighted by Crippen LogP contribution is -2.33. The Morgan fingerprint density at radius 2 is 1.12 bits per heavy atom. The fourth-order valence-electron chi connectivity index (χ4n) is 1.70. The highest BCUT2D eigenvalue weighted by Crippen LogP contribution is 2.19. The molecule has 0 heterocycles. The van der Waals surface area contributed by atoms with Gasteiger partial charge < -0.3 is 23.8 Å². The molecule has 0 aromatic rings. The first-order valence-corrected chi connectivity index (χ1v) is 9.76. The highest BCUT2D eigenvalue weighted by molar-refractivity contribution is 6.08. The van der Waals surface area contributed by atoms with Crippen molar-refractivity contribution in [1.29, 1.82) is 0 Å². The molecular formula is C22H42N2O8. The highest BCUT2D eigenvalue weighted by Gasteiger charge is 2.35. The number of esters is 2. The van der Waals surface area contributed by atoms with Gasteiger partial charge in [-0.2, -0.15) is 0 Å². The molecule has 0 unspecified atom stereocenters. The zero-order valence-electron chi connectivity index (χ0n) is 21.9. The molecule has 0 N–H and O–H groups in total. The van der Waals surface area contributed by atoms with E-state index in [1.807, 2.05) is 19.0 Å². The molecule has 0 bridgehead atoms. The number of rotatable bonds is 9. The van der Waals surface area contributed by atoms with Gasteiger partial charge in [0.05, 0.1) is 14.2 Å². The van der Waals surface area contributed by atoms with Crippen molar-refractivity contribution in [3.8, 4) is 0 Å². The number of nitrogens with zero attached hydrogens (tertiary/aromatic N) is 2. The minimum Gasteiger partial charge on any atom is -0.468 e. The zero-order chi connectivity index (χ0) is 26.3. The molecule has 10 nitrogen and oxygen atoms in total. The maximum absolute atomic E-state index is 11.6. The van der Waals surface area contributed by atoms with E-state index in [-0.39, 0.29) is 18.0 Å². The van der Waals surface area contributed by atoms with Crippen LogP contribution in [0.5, 0.6) is 0 Å². The molecule has 0 radical (unpaired) electrons. The van der Waals surface area contributed by atoms with Gasteiger partial charge in [-0.25, -0.2) is 0 Å². The Bertz CT molecular complexity index is 621. The van der Waals surface area contributed by atoms with E-state index in [1.165, 1.54) is 27.2 Å². The Labute approximate surface area is 192 Å². The average molecular weight is 463 g/mol. The Morgan fingerprint density at radius 1 is 0.750 bits per heavy atom. The van der Waals surface area contributed by atoms with Crippen LogP contribution in [-0.2, 0) is 38.1 Å². The minimum absolute atomic E-state index is 0.181. The van der Waals surface area contributed by atoms with E-state index < -0.39 is 22.8 Å². The number of carbonyl (C=O) groups is 4. The summed E-state index contributed by atoms with van der Waals surface area (Å²) >= 11 is 0. The van der Waals surface area contributed by atoms with E-state index in [9.17, 15) is 19.2 Å². The number of hydrogen-bond donors (Lipinski definition) is 0. The predicted octanol–water partition coefficient (Wildman–Crippen LogP) is 1.73. The lowest BCUT2D eigenvalue weighted by Gasteiger charge is -2.19. The molecule has 32 heavy (non-hydrogen) atoms. The van der Waals surface area contributed by atoms with Crippen LogP contribution in [0.25, 0.3) is 0 Å². The standard InChI is InChI=1S/C10H17NO3.C7H12O3.C5H13NO2/c1-10(2,9(13)14-5)8(12)6-7-11(3)4;1-5(8)7(2,3)6(9)10-4;1-6(2)5(7-3)8-4/h6-7H,1-5H3;1-4H3;5H,1-4H3/b7-6+;;. The number of carbonyl (C=O) groups excluding carboxylic acids is 4. The second kappa shape index (κ2) is 16.3. The number of allylic oxidation sites excluding steroid dienone is 1. The summed E-state index contributed by atoms with van der Waals surface area (Å²) in [6.45, 7) is 7.54. The first kappa shape index (κ1) is 34.3. The molecule has 0 fully saturated rings. The summed E-state index contributed by atoms with van der Waals surface area (Å²) in [5.74, 6) is -1.46. The molecule has 0 spiro atoms. The highest BCUT2D eigenvalue weighted by atomic mass is 16.7. The van der Waals surface area contributed by atoms with Crippen LogP contribution in [0, 0.1) is 10.8 Å². The topological polar surface area (TPSA) is 112 Å². The van der Waals surface area contributed by atoms with Crippen molar-refractivity contribution in [2.75, 3.05) is 56.6 Å². The van der Waals surface area contributed by atoms with Gasteiger partial charge in [0.25, 0.3) is 0 Å². The monoisotopic (exact) mass is 462 g/mol. The summed E-state index contributed by atoms with van der Waals surface area (Å²) in [7, 11) is 13.1. The zero-order valence-corrected chi connectivity index (χ0v) is 21.9. The molecule has 0 atom stereocenters. The molecule has 0 amide bonds. The summed E-state index contributed by atoms with van der Waals surface area (Å²) < 4.78 is 18.7. The number of hydrogen-bond acceptors (Lipinski definition) is 10. The summed E-state index contributed by atoms with van der Waals surface area (Å²) in [5, 5.41) is 0. The van der Waals surface area contributed by atoms with Crippen molar-refractivity contribution >= 4 is 23.5 Å². The third-order valence-electron chi connectivity index (χ3n) is 4.24. The van der Waals surface area contributed by atoms with Crippen LogP contribution < -0.4 is 0 Å². The van der Waals surface area contributed by atoms with Gasteiger partial charge >= 0.3 is 11.9 Å². The van der Waals surface area contributed by atoms with E-state index in [0.717, 1.165) is 0 Å². The van der Waals surface area contributed by atoms with Crippen molar-refractivity contribution in [3.05, 3.63) is 12.3 Å². The van der Waals surface area contributed by atoms with E-state index >= 15 is 0 Å². The third kappa shape index (κ3) is 13.2. The van der Waals surface area contributed by atoms with Crippen molar-refractivity contribution < 1.29 is 38.1 Å². The average Bonchev–Trinajstić information content (AvgIpc) is 2.71. The lowest BCUT2D eigenvalue weighted by molar-refractivity contribution is -0.179. The van der Waals surface area contributed by atoms with Crippen LogP contribution in [0.3, 0.4) is 0 Å². The van der Waals surface area contributed by atoms with Crippen LogP contribution in [-0.4, -0.2) is 96.3 Å². The van der Waals surface area contributed by atoms with E-state index in [1.54, 1.807) is 67.1 Å². The molecule has 0 aliphatic carbocycles. The van der Waals surface area contributed by atoms with Crippen molar-refractivity contribution in [1.82, 2.24) is 9.80 Å². The van der Waals surface area contributed by atoms with Crippen LogP contribution >= 0.6 is 0 Å². The summed E-state index contributed by atoms with van der Waals surface area (Å²) in [6, 6.07) is 0. The molecule has 0 rings (SSSR count). The molecule has 10 heteroatoms. The van der Waals surface area contributed by atoms with Gasteiger partial charge in [-0.05, 0) is 54.8 Å². The first-order valence-electron chi connectivity index (χ1n) is 9.76. The maximum Gasteiger partial charge on any atom is 0.319 e. The number of methoxy groups -OCH3 is 4. The Morgan fingerprint density at radius 3 is 1.31 bits per heavy atom. The van der Waals surface area contributed by atoms with Gasteiger partial charge in [0.2, 0.25) is 6.41 Å². The van der Waals surface area contributed by atoms with Crippen LogP contribution in [0.15, 0.2) is 12.3 Å².